The molecule has 1 aliphatic rings. The van der Waals surface area contributed by atoms with Crippen LogP contribution >= 0.6 is 0 Å². The first-order valence-electron chi connectivity index (χ1n) is 6.22. The molecule has 0 aliphatic heterocycles. The summed E-state index contributed by atoms with van der Waals surface area (Å²) in [6.07, 6.45) is 3.94. The zero-order valence-electron chi connectivity index (χ0n) is 11.0. The van der Waals surface area contributed by atoms with Crippen molar-refractivity contribution in [2.45, 2.75) is 64.5 Å². The van der Waals surface area contributed by atoms with E-state index < -0.39 is 11.0 Å². The second-order valence-corrected chi connectivity index (χ2v) is 5.99. The van der Waals surface area contributed by atoms with Crippen LogP contribution in [0.5, 0.6) is 0 Å². The van der Waals surface area contributed by atoms with Gasteiger partial charge in [-0.1, -0.05) is 0 Å². The smallest absolute Gasteiger partial charge is 0.313 e. The monoisotopic (exact) mass is 241 g/mol. The molecule has 0 atom stereocenters. The number of hydrogen-bond acceptors (Lipinski definition) is 4. The molecule has 0 spiro atoms. The van der Waals surface area contributed by atoms with Crippen molar-refractivity contribution in [3.05, 3.63) is 0 Å². The van der Waals surface area contributed by atoms with Crippen molar-refractivity contribution in [3.63, 3.8) is 0 Å². The fourth-order valence-electron chi connectivity index (χ4n) is 2.23. The predicted molar refractivity (Wildman–Crippen MR) is 65.4 cm³/mol. The molecule has 1 rings (SSSR count). The van der Waals surface area contributed by atoms with Gasteiger partial charge in [-0.05, 0) is 46.5 Å². The molecule has 0 aromatic rings. The fraction of sp³-hybridized carbons (Fsp3) is 0.846. The first-order valence-corrected chi connectivity index (χ1v) is 6.22. The minimum absolute atomic E-state index is 0.150. The Morgan fingerprint density at radius 3 is 2.35 bits per heavy atom. The highest BCUT2D eigenvalue weighted by molar-refractivity contribution is 5.80. The van der Waals surface area contributed by atoms with E-state index in [1.165, 1.54) is 0 Å². The molecule has 4 heteroatoms. The Morgan fingerprint density at radius 1 is 1.41 bits per heavy atom. The molecule has 0 radical (unpaired) electrons. The standard InChI is InChI=1S/C13H23NO3/c1-12(2,3)17-11(16)13(8-9-15)6-4-10(14)5-7-13/h9-10H,4-8,14H2,1-3H3. The number of esters is 1. The van der Waals surface area contributed by atoms with Crippen molar-refractivity contribution in [1.82, 2.24) is 0 Å². The van der Waals surface area contributed by atoms with Gasteiger partial charge in [0.25, 0.3) is 0 Å². The van der Waals surface area contributed by atoms with Crippen LogP contribution in [0.3, 0.4) is 0 Å². The Labute approximate surface area is 103 Å². The highest BCUT2D eigenvalue weighted by Crippen LogP contribution is 2.40. The van der Waals surface area contributed by atoms with Gasteiger partial charge in [0, 0.05) is 12.5 Å². The maximum Gasteiger partial charge on any atom is 0.313 e. The molecule has 1 fully saturated rings. The van der Waals surface area contributed by atoms with Crippen molar-refractivity contribution >= 4 is 12.3 Å². The highest BCUT2D eigenvalue weighted by atomic mass is 16.6. The molecule has 0 aromatic carbocycles. The number of ether oxygens (including phenoxy) is 1. The first-order chi connectivity index (χ1) is 7.79. The van der Waals surface area contributed by atoms with Gasteiger partial charge in [-0.2, -0.15) is 0 Å². The topological polar surface area (TPSA) is 69.4 Å². The van der Waals surface area contributed by atoms with Gasteiger partial charge in [-0.15, -0.1) is 0 Å². The summed E-state index contributed by atoms with van der Waals surface area (Å²) in [5, 5.41) is 0. The van der Waals surface area contributed by atoms with Crippen LogP contribution in [0.1, 0.15) is 52.9 Å². The highest BCUT2D eigenvalue weighted by Gasteiger charge is 2.43. The lowest BCUT2D eigenvalue weighted by Gasteiger charge is -2.37. The minimum Gasteiger partial charge on any atom is -0.460 e. The Balaban J connectivity index is 2.77. The number of aldehydes is 1. The Hall–Kier alpha value is -0.900. The van der Waals surface area contributed by atoms with Gasteiger partial charge in [0.1, 0.15) is 11.9 Å². The number of rotatable bonds is 3. The van der Waals surface area contributed by atoms with Crippen LogP contribution in [-0.4, -0.2) is 23.9 Å². The normalized spacial score (nSPS) is 29.8. The van der Waals surface area contributed by atoms with Crippen LogP contribution in [0.2, 0.25) is 0 Å². The van der Waals surface area contributed by atoms with E-state index in [-0.39, 0.29) is 18.4 Å². The van der Waals surface area contributed by atoms with E-state index in [0.29, 0.717) is 12.8 Å². The number of carbonyl (C=O) groups is 2. The van der Waals surface area contributed by atoms with Crippen LogP contribution in [0, 0.1) is 5.41 Å². The molecule has 0 saturated heterocycles. The van der Waals surface area contributed by atoms with Crippen molar-refractivity contribution in [1.29, 1.82) is 0 Å². The fourth-order valence-corrected chi connectivity index (χ4v) is 2.23. The second-order valence-electron chi connectivity index (χ2n) is 5.99. The summed E-state index contributed by atoms with van der Waals surface area (Å²) in [6.45, 7) is 5.52. The molecule has 1 aliphatic carbocycles. The maximum absolute atomic E-state index is 12.2. The summed E-state index contributed by atoms with van der Waals surface area (Å²) in [4.78, 5) is 23.0. The molecule has 4 nitrogen and oxygen atoms in total. The Bertz CT molecular complexity index is 286. The molecule has 0 heterocycles. The summed E-state index contributed by atoms with van der Waals surface area (Å²) < 4.78 is 5.43. The van der Waals surface area contributed by atoms with E-state index in [9.17, 15) is 9.59 Å². The third-order valence-corrected chi connectivity index (χ3v) is 3.29. The van der Waals surface area contributed by atoms with Crippen molar-refractivity contribution < 1.29 is 14.3 Å². The largest absolute Gasteiger partial charge is 0.460 e. The zero-order chi connectivity index (χ0) is 13.1. The maximum atomic E-state index is 12.2. The summed E-state index contributed by atoms with van der Waals surface area (Å²) in [5.74, 6) is -0.246. The molecule has 0 unspecified atom stereocenters. The third kappa shape index (κ3) is 3.80. The molecule has 0 bridgehead atoms. The quantitative estimate of drug-likeness (QED) is 0.604. The van der Waals surface area contributed by atoms with Crippen LogP contribution < -0.4 is 5.73 Å². The lowest BCUT2D eigenvalue weighted by Crippen LogP contribution is -2.43. The summed E-state index contributed by atoms with van der Waals surface area (Å²) >= 11 is 0. The summed E-state index contributed by atoms with van der Waals surface area (Å²) in [5.41, 5.74) is 4.70. The minimum atomic E-state index is -0.634. The van der Waals surface area contributed by atoms with Crippen molar-refractivity contribution in [2.24, 2.45) is 11.1 Å². The van der Waals surface area contributed by atoms with Gasteiger partial charge in [-0.3, -0.25) is 4.79 Å². The van der Waals surface area contributed by atoms with Gasteiger partial charge in [-0.25, -0.2) is 0 Å². The van der Waals surface area contributed by atoms with Gasteiger partial charge < -0.3 is 15.3 Å². The summed E-state index contributed by atoms with van der Waals surface area (Å²) in [7, 11) is 0. The first kappa shape index (κ1) is 14.2. The van der Waals surface area contributed by atoms with Crippen LogP contribution in [0.25, 0.3) is 0 Å². The molecular formula is C13H23NO3. The SMILES string of the molecule is CC(C)(C)OC(=O)C1(CC=O)CCC(N)CC1. The number of hydrogen-bond donors (Lipinski definition) is 1. The van der Waals surface area contributed by atoms with E-state index in [4.69, 9.17) is 10.5 Å². The lowest BCUT2D eigenvalue weighted by molar-refractivity contribution is -0.171. The average Bonchev–Trinajstić information content (AvgIpc) is 2.19. The van der Waals surface area contributed by atoms with Gasteiger partial charge >= 0.3 is 5.97 Å². The lowest BCUT2D eigenvalue weighted by atomic mass is 9.70. The van der Waals surface area contributed by atoms with E-state index in [2.05, 4.69) is 0 Å². The number of nitrogens with two attached hydrogens (primary N) is 1. The van der Waals surface area contributed by atoms with Crippen molar-refractivity contribution in [3.8, 4) is 0 Å². The number of carbonyl (C=O) groups excluding carboxylic acids is 2. The molecule has 0 amide bonds. The van der Waals surface area contributed by atoms with Gasteiger partial charge in [0.15, 0.2) is 0 Å². The molecule has 17 heavy (non-hydrogen) atoms. The van der Waals surface area contributed by atoms with E-state index in [1.54, 1.807) is 0 Å². The zero-order valence-corrected chi connectivity index (χ0v) is 11.0. The summed E-state index contributed by atoms with van der Waals surface area (Å²) in [6, 6.07) is 0.150. The molecular weight excluding hydrogens is 218 g/mol. The molecule has 0 aromatic heterocycles. The molecule has 98 valence electrons. The van der Waals surface area contributed by atoms with Gasteiger partial charge in [0.05, 0.1) is 5.41 Å². The average molecular weight is 241 g/mol. The predicted octanol–water partition coefficient (Wildman–Crippen LogP) is 1.80. The van der Waals surface area contributed by atoms with Crippen molar-refractivity contribution in [2.75, 3.05) is 0 Å². The van der Waals surface area contributed by atoms with E-state index in [1.807, 2.05) is 20.8 Å². The Morgan fingerprint density at radius 2 is 1.94 bits per heavy atom. The third-order valence-electron chi connectivity index (χ3n) is 3.29. The van der Waals surface area contributed by atoms with Crippen LogP contribution in [0.15, 0.2) is 0 Å². The molecule has 1 saturated carbocycles. The van der Waals surface area contributed by atoms with E-state index in [0.717, 1.165) is 19.1 Å². The second kappa shape index (κ2) is 5.17. The van der Waals surface area contributed by atoms with E-state index >= 15 is 0 Å². The van der Waals surface area contributed by atoms with Crippen LogP contribution in [-0.2, 0) is 14.3 Å². The Kier molecular flexibility index (Phi) is 4.31. The van der Waals surface area contributed by atoms with Crippen LogP contribution in [0.4, 0.5) is 0 Å². The van der Waals surface area contributed by atoms with Gasteiger partial charge in [0.2, 0.25) is 0 Å². The molecule has 2 N–H and O–H groups in total.